The minimum atomic E-state index is -0.292. The van der Waals surface area contributed by atoms with Crippen molar-refractivity contribution in [2.24, 2.45) is 4.99 Å². The van der Waals surface area contributed by atoms with Crippen LogP contribution in [0.3, 0.4) is 0 Å². The SMILES string of the molecule is CC1(C)N=C(c2ccc(-c3ccc4c(-c5ccc6ccccc6c5)c5ccccc5c(-c5ccc6ccccc6c5)c4c3)nc2)N(c2ccccc2)C1(C)C. The van der Waals surface area contributed by atoms with Crippen LogP contribution in [0.5, 0.6) is 0 Å². The van der Waals surface area contributed by atoms with E-state index in [1.807, 2.05) is 6.20 Å². The summed E-state index contributed by atoms with van der Waals surface area (Å²) in [6, 6.07) is 61.7. The summed E-state index contributed by atoms with van der Waals surface area (Å²) in [6.45, 7) is 8.98. The first-order valence-corrected chi connectivity index (χ1v) is 19.2. The molecule has 0 amide bonds. The van der Waals surface area contributed by atoms with Crippen molar-refractivity contribution in [2.75, 3.05) is 4.90 Å². The second kappa shape index (κ2) is 12.5. The zero-order valence-electron chi connectivity index (χ0n) is 31.6. The number of nitrogens with zero attached hydrogens (tertiary/aromatic N) is 3. The second-order valence-electron chi connectivity index (χ2n) is 15.8. The Bertz CT molecular complexity index is 2970. The van der Waals surface area contributed by atoms with Gasteiger partial charge in [-0.3, -0.25) is 9.98 Å². The van der Waals surface area contributed by atoms with E-state index >= 15 is 0 Å². The number of amidine groups is 1. The summed E-state index contributed by atoms with van der Waals surface area (Å²) in [5.41, 5.74) is 8.53. The van der Waals surface area contributed by atoms with Crippen molar-refractivity contribution in [3.05, 3.63) is 182 Å². The van der Waals surface area contributed by atoms with Crippen LogP contribution in [0, 0.1) is 0 Å². The molecule has 0 saturated carbocycles. The zero-order valence-corrected chi connectivity index (χ0v) is 31.6. The average Bonchev–Trinajstić information content (AvgIpc) is 3.42. The summed E-state index contributed by atoms with van der Waals surface area (Å²) in [5.74, 6) is 0.948. The number of hydrogen-bond donors (Lipinski definition) is 0. The minimum Gasteiger partial charge on any atom is -0.318 e. The fraction of sp³-hybridized carbons (Fsp3) is 0.115. The van der Waals surface area contributed by atoms with Crippen LogP contribution in [-0.4, -0.2) is 21.9 Å². The molecule has 1 aliphatic rings. The standard InChI is InChI=1S/C52H41N3/c1-51(2)52(3,4)55(42-18-6-5-7-19-42)50(54-51)41-27-29-47(53-33-41)38-26-28-45-46(32-38)49(40-25-23-35-15-9-11-17-37(35)31-40)44-21-13-12-20-43(44)48(45)39-24-22-34-14-8-10-16-36(34)30-39/h5-33H,1-4H3. The Morgan fingerprint density at radius 3 is 1.53 bits per heavy atom. The number of pyridine rings is 1. The van der Waals surface area contributed by atoms with Gasteiger partial charge >= 0.3 is 0 Å². The van der Waals surface area contributed by atoms with Gasteiger partial charge < -0.3 is 4.90 Å². The lowest BCUT2D eigenvalue weighted by molar-refractivity contribution is 0.338. The molecule has 3 nitrogen and oxygen atoms in total. The number of para-hydroxylation sites is 1. The highest BCUT2D eigenvalue weighted by molar-refractivity contribution is 6.22. The third-order valence-electron chi connectivity index (χ3n) is 12.1. The largest absolute Gasteiger partial charge is 0.318 e. The predicted octanol–water partition coefficient (Wildman–Crippen LogP) is 13.5. The number of hydrogen-bond acceptors (Lipinski definition) is 3. The fourth-order valence-electron chi connectivity index (χ4n) is 8.55. The number of fused-ring (bicyclic) bond motifs is 4. The number of aliphatic imine (C=N–C) groups is 1. The molecule has 8 aromatic carbocycles. The molecule has 0 unspecified atom stereocenters. The molecule has 0 radical (unpaired) electrons. The van der Waals surface area contributed by atoms with Crippen molar-refractivity contribution in [2.45, 2.75) is 38.8 Å². The number of anilines is 1. The molecule has 9 aromatic rings. The van der Waals surface area contributed by atoms with Crippen molar-refractivity contribution in [3.8, 4) is 33.5 Å². The molecule has 3 heteroatoms. The van der Waals surface area contributed by atoms with Gasteiger partial charge in [-0.2, -0.15) is 0 Å². The van der Waals surface area contributed by atoms with Gasteiger partial charge in [-0.05, 0) is 136 Å². The van der Waals surface area contributed by atoms with Crippen LogP contribution in [0.15, 0.2) is 181 Å². The highest BCUT2D eigenvalue weighted by Crippen LogP contribution is 2.46. The Hall–Kier alpha value is -6.58. The highest BCUT2D eigenvalue weighted by atomic mass is 15.3. The molecule has 264 valence electrons. The second-order valence-corrected chi connectivity index (χ2v) is 15.8. The molecule has 10 rings (SSSR count). The Morgan fingerprint density at radius 2 is 0.927 bits per heavy atom. The topological polar surface area (TPSA) is 28.5 Å². The van der Waals surface area contributed by atoms with Crippen LogP contribution in [0.2, 0.25) is 0 Å². The summed E-state index contributed by atoms with van der Waals surface area (Å²) in [6.07, 6.45) is 2.00. The molecule has 1 aromatic heterocycles. The molecule has 0 atom stereocenters. The molecular formula is C52H41N3. The number of rotatable bonds is 5. The summed E-state index contributed by atoms with van der Waals surface area (Å²) >= 11 is 0. The van der Waals surface area contributed by atoms with Crippen LogP contribution < -0.4 is 4.90 Å². The maximum Gasteiger partial charge on any atom is 0.138 e. The summed E-state index contributed by atoms with van der Waals surface area (Å²) in [7, 11) is 0. The molecule has 2 heterocycles. The van der Waals surface area contributed by atoms with Gasteiger partial charge in [0.05, 0.1) is 16.8 Å². The van der Waals surface area contributed by atoms with Crippen LogP contribution in [0.4, 0.5) is 5.69 Å². The van der Waals surface area contributed by atoms with Gasteiger partial charge in [-0.25, -0.2) is 0 Å². The van der Waals surface area contributed by atoms with Crippen molar-refractivity contribution in [1.82, 2.24) is 4.98 Å². The normalized spacial score (nSPS) is 14.9. The van der Waals surface area contributed by atoms with E-state index in [9.17, 15) is 0 Å². The minimum absolute atomic E-state index is 0.231. The lowest BCUT2D eigenvalue weighted by Gasteiger charge is -2.41. The van der Waals surface area contributed by atoms with Gasteiger partial charge in [0.25, 0.3) is 0 Å². The Kier molecular flexibility index (Phi) is 7.50. The first-order chi connectivity index (χ1) is 26.8. The predicted molar refractivity (Wildman–Crippen MR) is 234 cm³/mol. The van der Waals surface area contributed by atoms with Gasteiger partial charge in [-0.15, -0.1) is 0 Å². The third kappa shape index (κ3) is 5.33. The van der Waals surface area contributed by atoms with Gasteiger partial charge in [0.15, 0.2) is 0 Å². The average molecular weight is 708 g/mol. The van der Waals surface area contributed by atoms with E-state index in [0.29, 0.717) is 0 Å². The Morgan fingerprint density at radius 1 is 0.418 bits per heavy atom. The van der Waals surface area contributed by atoms with Crippen molar-refractivity contribution in [3.63, 3.8) is 0 Å². The molecule has 0 spiro atoms. The summed E-state index contributed by atoms with van der Waals surface area (Å²) in [4.78, 5) is 12.8. The lowest BCUT2D eigenvalue weighted by atomic mass is 9.83. The van der Waals surface area contributed by atoms with Gasteiger partial charge in [0.2, 0.25) is 0 Å². The summed E-state index contributed by atoms with van der Waals surface area (Å²) < 4.78 is 0. The molecule has 0 N–H and O–H groups in total. The lowest BCUT2D eigenvalue weighted by Crippen LogP contribution is -2.53. The Labute approximate surface area is 322 Å². The molecular weight excluding hydrogens is 667 g/mol. The van der Waals surface area contributed by atoms with Crippen molar-refractivity contribution in [1.29, 1.82) is 0 Å². The zero-order chi connectivity index (χ0) is 37.3. The number of aromatic nitrogens is 1. The third-order valence-corrected chi connectivity index (χ3v) is 12.1. The Balaban J connectivity index is 1.17. The van der Waals surface area contributed by atoms with Crippen LogP contribution in [0.25, 0.3) is 76.6 Å². The van der Waals surface area contributed by atoms with Gasteiger partial charge in [0, 0.05) is 23.0 Å². The van der Waals surface area contributed by atoms with E-state index in [1.54, 1.807) is 0 Å². The maximum atomic E-state index is 5.30. The van der Waals surface area contributed by atoms with Gasteiger partial charge in [-0.1, -0.05) is 127 Å². The van der Waals surface area contributed by atoms with Gasteiger partial charge in [0.1, 0.15) is 5.84 Å². The van der Waals surface area contributed by atoms with E-state index in [-0.39, 0.29) is 11.1 Å². The van der Waals surface area contributed by atoms with E-state index in [2.05, 4.69) is 202 Å². The van der Waals surface area contributed by atoms with E-state index in [1.165, 1.54) is 65.3 Å². The molecule has 0 aliphatic carbocycles. The van der Waals surface area contributed by atoms with Crippen LogP contribution in [-0.2, 0) is 0 Å². The smallest absolute Gasteiger partial charge is 0.138 e. The summed E-state index contributed by atoms with van der Waals surface area (Å²) in [5, 5.41) is 9.86. The fourth-order valence-corrected chi connectivity index (χ4v) is 8.55. The number of benzene rings is 8. The van der Waals surface area contributed by atoms with Crippen LogP contribution >= 0.6 is 0 Å². The first-order valence-electron chi connectivity index (χ1n) is 19.2. The van der Waals surface area contributed by atoms with Crippen LogP contribution in [0.1, 0.15) is 33.3 Å². The molecule has 1 aliphatic heterocycles. The molecule has 55 heavy (non-hydrogen) atoms. The molecule has 0 saturated heterocycles. The van der Waals surface area contributed by atoms with Crippen molar-refractivity contribution < 1.29 is 0 Å². The van der Waals surface area contributed by atoms with E-state index in [4.69, 9.17) is 9.98 Å². The van der Waals surface area contributed by atoms with E-state index < -0.39 is 0 Å². The van der Waals surface area contributed by atoms with Crippen molar-refractivity contribution >= 4 is 54.6 Å². The van der Waals surface area contributed by atoms with E-state index in [0.717, 1.165) is 28.3 Å². The maximum absolute atomic E-state index is 5.30. The monoisotopic (exact) mass is 707 g/mol. The molecule has 0 bridgehead atoms. The highest BCUT2D eigenvalue weighted by Gasteiger charge is 2.49. The molecule has 0 fully saturated rings. The first kappa shape index (κ1) is 33.0. The quantitative estimate of drug-likeness (QED) is 0.167.